The molecule has 1 aliphatic rings. The third-order valence-corrected chi connectivity index (χ3v) is 7.49. The minimum Gasteiger partial charge on any atom is -0.336 e. The van der Waals surface area contributed by atoms with Crippen LogP contribution in [0.5, 0.6) is 0 Å². The SMILES string of the molecule is CC(=O)c1ccc(-c2ccc3nc(-c4ccccc4)c(CN4CCN(C(=O)c5cccc(F)c5)CC4)n3c2)cc1. The maximum atomic E-state index is 13.7. The van der Waals surface area contributed by atoms with Gasteiger partial charge in [0.1, 0.15) is 11.5 Å². The van der Waals surface area contributed by atoms with Gasteiger partial charge in [0.05, 0.1) is 11.4 Å². The molecule has 0 bridgehead atoms. The fourth-order valence-electron chi connectivity index (χ4n) is 5.26. The van der Waals surface area contributed by atoms with Crippen molar-refractivity contribution < 1.29 is 14.0 Å². The van der Waals surface area contributed by atoms with Crippen LogP contribution in [-0.2, 0) is 6.54 Å². The maximum Gasteiger partial charge on any atom is 0.254 e. The van der Waals surface area contributed by atoms with Crippen molar-refractivity contribution in [2.45, 2.75) is 13.5 Å². The Bertz CT molecular complexity index is 1690. The minimum atomic E-state index is -0.403. The van der Waals surface area contributed by atoms with E-state index in [0.29, 0.717) is 43.9 Å². The Balaban J connectivity index is 1.29. The molecule has 0 spiro atoms. The van der Waals surface area contributed by atoms with E-state index in [1.807, 2.05) is 48.5 Å². The molecule has 7 heteroatoms. The average Bonchev–Trinajstić information content (AvgIpc) is 3.35. The van der Waals surface area contributed by atoms with Gasteiger partial charge >= 0.3 is 0 Å². The summed E-state index contributed by atoms with van der Waals surface area (Å²) in [4.78, 5) is 33.8. The van der Waals surface area contributed by atoms with Crippen LogP contribution in [0.3, 0.4) is 0 Å². The molecule has 2 aromatic heterocycles. The lowest BCUT2D eigenvalue weighted by Gasteiger charge is -2.34. The van der Waals surface area contributed by atoms with Crippen molar-refractivity contribution in [3.8, 4) is 22.4 Å². The fourth-order valence-corrected chi connectivity index (χ4v) is 5.26. The van der Waals surface area contributed by atoms with E-state index in [-0.39, 0.29) is 11.7 Å². The zero-order valence-electron chi connectivity index (χ0n) is 22.3. The smallest absolute Gasteiger partial charge is 0.254 e. The molecule has 0 atom stereocenters. The first-order valence-electron chi connectivity index (χ1n) is 13.4. The summed E-state index contributed by atoms with van der Waals surface area (Å²) < 4.78 is 15.8. The quantitative estimate of drug-likeness (QED) is 0.253. The number of halogens is 1. The molecule has 3 aromatic carbocycles. The van der Waals surface area contributed by atoms with Gasteiger partial charge in [-0.1, -0.05) is 60.7 Å². The van der Waals surface area contributed by atoms with Gasteiger partial charge in [-0.15, -0.1) is 0 Å². The molecule has 0 radical (unpaired) electrons. The topological polar surface area (TPSA) is 57.9 Å². The van der Waals surface area contributed by atoms with Gasteiger partial charge in [-0.05, 0) is 48.4 Å². The van der Waals surface area contributed by atoms with Gasteiger partial charge in [0.15, 0.2) is 5.78 Å². The van der Waals surface area contributed by atoms with Crippen molar-refractivity contribution in [2.24, 2.45) is 0 Å². The summed E-state index contributed by atoms with van der Waals surface area (Å²) in [6.07, 6.45) is 2.11. The molecule has 6 nitrogen and oxygen atoms in total. The highest BCUT2D eigenvalue weighted by atomic mass is 19.1. The minimum absolute atomic E-state index is 0.0455. The summed E-state index contributed by atoms with van der Waals surface area (Å²) in [7, 11) is 0. The number of aromatic nitrogens is 2. The highest BCUT2D eigenvalue weighted by Crippen LogP contribution is 2.29. The zero-order chi connectivity index (χ0) is 27.6. The molecular weight excluding hydrogens is 503 g/mol. The molecule has 0 unspecified atom stereocenters. The second-order valence-corrected chi connectivity index (χ2v) is 10.1. The number of carbonyl (C=O) groups excluding carboxylic acids is 2. The molecule has 6 rings (SSSR count). The molecule has 1 saturated heterocycles. The Hall–Kier alpha value is -4.62. The number of pyridine rings is 1. The molecule has 40 heavy (non-hydrogen) atoms. The average molecular weight is 533 g/mol. The first-order chi connectivity index (χ1) is 19.5. The number of ketones is 1. The van der Waals surface area contributed by atoms with E-state index in [1.54, 1.807) is 24.0 Å². The van der Waals surface area contributed by atoms with Gasteiger partial charge in [-0.2, -0.15) is 0 Å². The van der Waals surface area contributed by atoms with Crippen LogP contribution in [0, 0.1) is 5.82 Å². The van der Waals surface area contributed by atoms with Crippen molar-refractivity contribution in [3.63, 3.8) is 0 Å². The Kier molecular flexibility index (Phi) is 6.97. The molecule has 0 saturated carbocycles. The van der Waals surface area contributed by atoms with Gasteiger partial charge in [-0.3, -0.25) is 14.5 Å². The number of nitrogens with zero attached hydrogens (tertiary/aromatic N) is 4. The normalized spacial score (nSPS) is 14.0. The van der Waals surface area contributed by atoms with Crippen LogP contribution in [-0.4, -0.2) is 57.1 Å². The van der Waals surface area contributed by atoms with Gasteiger partial charge in [-0.25, -0.2) is 9.37 Å². The molecule has 1 aliphatic heterocycles. The van der Waals surface area contributed by atoms with Gasteiger partial charge in [0.25, 0.3) is 5.91 Å². The molecule has 0 aliphatic carbocycles. The molecule has 1 amide bonds. The second-order valence-electron chi connectivity index (χ2n) is 10.1. The summed E-state index contributed by atoms with van der Waals surface area (Å²) >= 11 is 0. The molecule has 1 fully saturated rings. The van der Waals surface area contributed by atoms with Crippen LogP contribution >= 0.6 is 0 Å². The van der Waals surface area contributed by atoms with Crippen molar-refractivity contribution in [2.75, 3.05) is 26.2 Å². The number of amides is 1. The van der Waals surface area contributed by atoms with E-state index in [2.05, 4.69) is 33.7 Å². The van der Waals surface area contributed by atoms with Crippen molar-refractivity contribution in [1.82, 2.24) is 19.2 Å². The zero-order valence-corrected chi connectivity index (χ0v) is 22.3. The van der Waals surface area contributed by atoms with Gasteiger partial charge in [0, 0.05) is 55.6 Å². The highest BCUT2D eigenvalue weighted by molar-refractivity contribution is 5.95. The molecule has 200 valence electrons. The first-order valence-corrected chi connectivity index (χ1v) is 13.4. The highest BCUT2D eigenvalue weighted by Gasteiger charge is 2.25. The van der Waals surface area contributed by atoms with Crippen LogP contribution in [0.1, 0.15) is 33.3 Å². The number of fused-ring (bicyclic) bond motifs is 1. The third kappa shape index (κ3) is 5.16. The predicted molar refractivity (Wildman–Crippen MR) is 154 cm³/mol. The number of hydrogen-bond donors (Lipinski definition) is 0. The molecular formula is C33H29FN4O2. The van der Waals surface area contributed by atoms with E-state index < -0.39 is 5.82 Å². The molecule has 0 N–H and O–H groups in total. The van der Waals surface area contributed by atoms with Gasteiger partial charge in [0.2, 0.25) is 0 Å². The summed E-state index contributed by atoms with van der Waals surface area (Å²) in [5.74, 6) is -0.497. The fraction of sp³-hybridized carbons (Fsp3) is 0.182. The number of Topliss-reactive ketones (excluding diaryl/α,β-unsaturated/α-hetero) is 1. The Morgan fingerprint density at radius 1 is 0.775 bits per heavy atom. The van der Waals surface area contributed by atoms with E-state index in [9.17, 15) is 14.0 Å². The summed E-state index contributed by atoms with van der Waals surface area (Å²) in [5.41, 5.74) is 7.05. The number of rotatable bonds is 6. The largest absolute Gasteiger partial charge is 0.336 e. The van der Waals surface area contributed by atoms with Crippen LogP contribution in [0.25, 0.3) is 28.0 Å². The lowest BCUT2D eigenvalue weighted by atomic mass is 10.0. The number of piperazine rings is 1. The number of benzene rings is 3. The predicted octanol–water partition coefficient (Wildman–Crippen LogP) is 5.97. The van der Waals surface area contributed by atoms with Crippen LogP contribution in [0.4, 0.5) is 4.39 Å². The van der Waals surface area contributed by atoms with E-state index in [1.165, 1.54) is 12.1 Å². The Labute approximate surface area is 232 Å². The number of imidazole rings is 1. The third-order valence-electron chi connectivity index (χ3n) is 7.49. The lowest BCUT2D eigenvalue weighted by Crippen LogP contribution is -2.48. The molecule has 5 aromatic rings. The summed E-state index contributed by atoms with van der Waals surface area (Å²) in [5, 5.41) is 0. The molecule has 3 heterocycles. The first kappa shape index (κ1) is 25.6. The van der Waals surface area contributed by atoms with Crippen LogP contribution in [0.15, 0.2) is 97.2 Å². The van der Waals surface area contributed by atoms with Crippen molar-refractivity contribution in [1.29, 1.82) is 0 Å². The van der Waals surface area contributed by atoms with E-state index in [4.69, 9.17) is 4.98 Å². The maximum absolute atomic E-state index is 13.7. The summed E-state index contributed by atoms with van der Waals surface area (Å²) in [6, 6.07) is 27.8. The standard InChI is InChI=1S/C33H29FN4O2/c1-23(39)24-10-12-25(13-11-24)28-14-15-31-35-32(26-6-3-2-4-7-26)30(38(31)21-28)22-36-16-18-37(19-17-36)33(40)27-8-5-9-29(34)20-27/h2-15,20-21H,16-19,22H2,1H3. The van der Waals surface area contributed by atoms with E-state index >= 15 is 0 Å². The van der Waals surface area contributed by atoms with Gasteiger partial charge < -0.3 is 9.30 Å². The summed E-state index contributed by atoms with van der Waals surface area (Å²) in [6.45, 7) is 4.78. The van der Waals surface area contributed by atoms with Crippen molar-refractivity contribution in [3.05, 3.63) is 120 Å². The lowest BCUT2D eigenvalue weighted by molar-refractivity contribution is 0.0626. The number of carbonyl (C=O) groups is 2. The Morgan fingerprint density at radius 3 is 2.20 bits per heavy atom. The van der Waals surface area contributed by atoms with Crippen molar-refractivity contribution >= 4 is 17.3 Å². The van der Waals surface area contributed by atoms with Crippen LogP contribution < -0.4 is 0 Å². The van der Waals surface area contributed by atoms with Crippen LogP contribution in [0.2, 0.25) is 0 Å². The Morgan fingerprint density at radius 2 is 1.50 bits per heavy atom. The monoisotopic (exact) mass is 532 g/mol. The number of hydrogen-bond acceptors (Lipinski definition) is 4. The second kappa shape index (κ2) is 10.9. The van der Waals surface area contributed by atoms with E-state index in [0.717, 1.165) is 33.7 Å².